The third-order valence-corrected chi connectivity index (χ3v) is 13.1. The second kappa shape index (κ2) is 24.0. The maximum atomic E-state index is 12.7. The minimum absolute atomic E-state index is 0.0531. The zero-order valence-corrected chi connectivity index (χ0v) is 38.8. The normalized spacial score (nSPS) is 25.4. The van der Waals surface area contributed by atoms with Crippen LogP contribution in [0.1, 0.15) is 105 Å². The number of carbonyl (C=O) groups excluding carboxylic acids is 6. The largest absolute Gasteiger partial charge is 0.462 e. The summed E-state index contributed by atoms with van der Waals surface area (Å²) in [6.45, 7) is 25.0. The molecule has 2 N–H and O–H groups in total. The molecule has 64 heavy (non-hydrogen) atoms. The van der Waals surface area contributed by atoms with E-state index >= 15 is 0 Å². The lowest BCUT2D eigenvalue weighted by molar-refractivity contribution is -0.144. The first-order valence-corrected chi connectivity index (χ1v) is 22.7. The molecule has 2 amide bonds. The van der Waals surface area contributed by atoms with Crippen LogP contribution in [0, 0.1) is 34.0 Å². The van der Waals surface area contributed by atoms with E-state index in [-0.39, 0.29) is 67.0 Å². The van der Waals surface area contributed by atoms with Gasteiger partial charge < -0.3 is 48.5 Å². The van der Waals surface area contributed by atoms with E-state index in [1.54, 1.807) is 27.7 Å². The number of esters is 4. The summed E-state index contributed by atoms with van der Waals surface area (Å²) in [5, 5.41) is 5.47. The number of hydrogen-bond donors (Lipinski definition) is 2. The van der Waals surface area contributed by atoms with Crippen LogP contribution >= 0.6 is 0 Å². The Morgan fingerprint density at radius 3 is 1.50 bits per heavy atom. The molecule has 0 aromatic rings. The highest BCUT2D eigenvalue weighted by molar-refractivity contribution is 5.88. The molecule has 8 unspecified atom stereocenters. The standard InChI is InChI=1S/C48H72N2O14/c1-31(2)40(51)59-20-14-10-12-18-49-44(55)63-35(26-61-42(53)33(5)6)24-57-29-46(9)17-16-38-37(22-46)39-23-47(38)28-48(39,47)30-58-25-36(27-62-43(54)34(7)8)64-45(56)50-19-13-11-15-21-60-41(52)32(3)4/h35-39H,1,3,5,7,10-30H2,2,4,6,8-9H3,(H,49,55)(H,50,56). The van der Waals surface area contributed by atoms with Gasteiger partial charge in [0.1, 0.15) is 13.2 Å². The Balaban J connectivity index is 1.21. The highest BCUT2D eigenvalue weighted by Crippen LogP contribution is 2.93. The lowest BCUT2D eigenvalue weighted by atomic mass is 9.66. The van der Waals surface area contributed by atoms with Crippen molar-refractivity contribution in [2.24, 2.45) is 34.0 Å². The Morgan fingerprint density at radius 2 is 1.03 bits per heavy atom. The molecule has 8 atom stereocenters. The minimum atomic E-state index is -0.823. The average Bonchev–Trinajstić information content (AvgIpc) is 3.46. The van der Waals surface area contributed by atoms with E-state index in [0.29, 0.717) is 80.9 Å². The number of unbranched alkanes of at least 4 members (excludes halogenated alkanes) is 4. The van der Waals surface area contributed by atoms with Gasteiger partial charge in [0.05, 0.1) is 39.6 Å². The lowest BCUT2D eigenvalue weighted by Gasteiger charge is -2.41. The first-order valence-electron chi connectivity index (χ1n) is 22.7. The fraction of sp³-hybridized carbons (Fsp3) is 0.708. The molecule has 4 fully saturated rings. The van der Waals surface area contributed by atoms with E-state index in [1.165, 1.54) is 6.42 Å². The van der Waals surface area contributed by atoms with Gasteiger partial charge in [-0.15, -0.1) is 0 Å². The van der Waals surface area contributed by atoms with Crippen LogP contribution in [0.2, 0.25) is 0 Å². The number of hydrogen-bond acceptors (Lipinski definition) is 14. The van der Waals surface area contributed by atoms with Crippen LogP contribution in [0.4, 0.5) is 9.59 Å². The predicted octanol–water partition coefficient (Wildman–Crippen LogP) is 6.86. The molecular formula is C48H72N2O14. The van der Waals surface area contributed by atoms with Gasteiger partial charge in [-0.3, -0.25) is 0 Å². The Morgan fingerprint density at radius 1 is 0.578 bits per heavy atom. The highest BCUT2D eigenvalue weighted by atomic mass is 16.6. The molecule has 358 valence electrons. The molecule has 4 rings (SSSR count). The van der Waals surface area contributed by atoms with Gasteiger partial charge in [-0.1, -0.05) is 33.2 Å². The summed E-state index contributed by atoms with van der Waals surface area (Å²) in [4.78, 5) is 72.8. The minimum Gasteiger partial charge on any atom is -0.462 e. The fourth-order valence-corrected chi connectivity index (χ4v) is 9.81. The second-order valence-corrected chi connectivity index (χ2v) is 18.8. The second-order valence-electron chi connectivity index (χ2n) is 18.8. The van der Waals surface area contributed by atoms with Crippen molar-refractivity contribution in [3.05, 3.63) is 48.6 Å². The Kier molecular flexibility index (Phi) is 19.5. The quantitative estimate of drug-likeness (QED) is 0.0328. The van der Waals surface area contributed by atoms with Gasteiger partial charge in [-0.2, -0.15) is 0 Å². The average molecular weight is 901 g/mol. The molecule has 4 aliphatic carbocycles. The van der Waals surface area contributed by atoms with Crippen LogP contribution in [-0.4, -0.2) is 114 Å². The van der Waals surface area contributed by atoms with Crippen LogP contribution in [0.15, 0.2) is 48.6 Å². The number of amides is 2. The lowest BCUT2D eigenvalue weighted by Crippen LogP contribution is -2.39. The van der Waals surface area contributed by atoms with E-state index in [2.05, 4.69) is 43.9 Å². The van der Waals surface area contributed by atoms with Crippen molar-refractivity contribution >= 4 is 36.1 Å². The molecule has 16 nitrogen and oxygen atoms in total. The topological polar surface area (TPSA) is 200 Å². The molecule has 0 aromatic heterocycles. The summed E-state index contributed by atoms with van der Waals surface area (Å²) in [5.74, 6) is -0.353. The molecule has 4 saturated carbocycles. The summed E-state index contributed by atoms with van der Waals surface area (Å²) in [7, 11) is 0. The Labute approximate surface area is 378 Å². The molecule has 4 aliphatic rings. The summed E-state index contributed by atoms with van der Waals surface area (Å²) in [5.41, 5.74) is 1.43. The van der Waals surface area contributed by atoms with Crippen LogP contribution in [0.3, 0.4) is 0 Å². The fourth-order valence-electron chi connectivity index (χ4n) is 9.81. The van der Waals surface area contributed by atoms with Gasteiger partial charge in [0.2, 0.25) is 0 Å². The van der Waals surface area contributed by atoms with Crippen molar-refractivity contribution < 1.29 is 66.7 Å². The highest BCUT2D eigenvalue weighted by Gasteiger charge is 2.88. The summed E-state index contributed by atoms with van der Waals surface area (Å²) < 4.78 is 44.7. The molecule has 0 heterocycles. The van der Waals surface area contributed by atoms with E-state index in [0.717, 1.165) is 38.5 Å². The van der Waals surface area contributed by atoms with Crippen molar-refractivity contribution in [3.8, 4) is 0 Å². The third-order valence-electron chi connectivity index (χ3n) is 13.1. The van der Waals surface area contributed by atoms with Gasteiger partial charge in [-0.25, -0.2) is 28.8 Å². The molecule has 16 heteroatoms. The van der Waals surface area contributed by atoms with Gasteiger partial charge in [0.25, 0.3) is 0 Å². The van der Waals surface area contributed by atoms with Crippen molar-refractivity contribution in [2.45, 2.75) is 117 Å². The van der Waals surface area contributed by atoms with Crippen molar-refractivity contribution in [2.75, 3.05) is 65.9 Å². The van der Waals surface area contributed by atoms with Crippen molar-refractivity contribution in [1.29, 1.82) is 0 Å². The number of fused-ring (bicyclic) bond motifs is 2. The number of rotatable bonds is 30. The predicted molar refractivity (Wildman–Crippen MR) is 236 cm³/mol. The number of alkyl carbamates (subject to hydrolysis) is 2. The molecule has 0 aromatic carbocycles. The maximum Gasteiger partial charge on any atom is 0.407 e. The zero-order chi connectivity index (χ0) is 47.1. The van der Waals surface area contributed by atoms with Crippen LogP contribution in [-0.2, 0) is 57.1 Å². The van der Waals surface area contributed by atoms with Crippen molar-refractivity contribution in [1.82, 2.24) is 10.6 Å². The number of ether oxygens (including phenoxy) is 8. The molecule has 2 bridgehead atoms. The summed E-state index contributed by atoms with van der Waals surface area (Å²) >= 11 is 0. The van der Waals surface area contributed by atoms with Gasteiger partial charge in [0.15, 0.2) is 12.2 Å². The zero-order valence-electron chi connectivity index (χ0n) is 38.8. The maximum absolute atomic E-state index is 12.7. The molecule has 0 aliphatic heterocycles. The molecule has 0 saturated heterocycles. The molecule has 0 spiro atoms. The monoisotopic (exact) mass is 900 g/mol. The van der Waals surface area contributed by atoms with Crippen LogP contribution < -0.4 is 10.6 Å². The van der Waals surface area contributed by atoms with Crippen LogP contribution in [0.5, 0.6) is 0 Å². The van der Waals surface area contributed by atoms with Crippen molar-refractivity contribution in [3.63, 3.8) is 0 Å². The van der Waals surface area contributed by atoms with Gasteiger partial charge in [-0.05, 0) is 127 Å². The number of carbonyl (C=O) groups is 6. The van der Waals surface area contributed by atoms with E-state index in [9.17, 15) is 28.8 Å². The third kappa shape index (κ3) is 14.4. The smallest absolute Gasteiger partial charge is 0.407 e. The summed E-state index contributed by atoms with van der Waals surface area (Å²) in [6, 6.07) is 0. The summed E-state index contributed by atoms with van der Waals surface area (Å²) in [6.07, 6.45) is 6.55. The first kappa shape index (κ1) is 51.9. The van der Waals surface area contributed by atoms with Crippen LogP contribution in [0.25, 0.3) is 0 Å². The Bertz CT molecular complexity index is 1750. The van der Waals surface area contributed by atoms with E-state index in [4.69, 9.17) is 37.9 Å². The van der Waals surface area contributed by atoms with Gasteiger partial charge >= 0.3 is 36.1 Å². The molecular weight excluding hydrogens is 829 g/mol. The van der Waals surface area contributed by atoms with Gasteiger partial charge in [0, 0.05) is 40.8 Å². The SMILES string of the molecule is C=C(C)C(=O)OCCCCCNC(=O)OC(COCC1(C)CCC2C(C1)C1CC23CC13COCC(COC(=O)C(=C)C)OC(=O)NCCCCCOC(=O)C(=C)C)COC(=O)C(=C)C. The number of nitrogens with one attached hydrogen (secondary N) is 2. The molecule has 0 radical (unpaired) electrons. The Hall–Kier alpha value is -4.70. The first-order chi connectivity index (χ1) is 30.3. The van der Waals surface area contributed by atoms with E-state index in [1.807, 2.05) is 0 Å². The van der Waals surface area contributed by atoms with E-state index < -0.39 is 48.3 Å².